The molecule has 24 heavy (non-hydrogen) atoms. The van der Waals surface area contributed by atoms with E-state index in [4.69, 9.17) is 23.2 Å². The summed E-state index contributed by atoms with van der Waals surface area (Å²) in [6, 6.07) is 12.8. The predicted octanol–water partition coefficient (Wildman–Crippen LogP) is 4.39. The van der Waals surface area contributed by atoms with Crippen molar-refractivity contribution in [3.8, 4) is 0 Å². The fraction of sp³-hybridized carbons (Fsp3) is 0.222. The fourth-order valence-electron chi connectivity index (χ4n) is 2.19. The van der Waals surface area contributed by atoms with Gasteiger partial charge in [0.15, 0.2) is 0 Å². The van der Waals surface area contributed by atoms with Crippen LogP contribution in [0.25, 0.3) is 0 Å². The second kappa shape index (κ2) is 8.18. The lowest BCUT2D eigenvalue weighted by atomic mass is 10.0. The second-order valence-electron chi connectivity index (χ2n) is 5.67. The Balaban J connectivity index is 2.13. The molecule has 4 nitrogen and oxygen atoms in total. The van der Waals surface area contributed by atoms with E-state index in [1.807, 2.05) is 13.8 Å². The Bertz CT molecular complexity index is 747. The van der Waals surface area contributed by atoms with Gasteiger partial charge in [0.05, 0.1) is 10.6 Å². The molecule has 0 fully saturated rings. The predicted molar refractivity (Wildman–Crippen MR) is 97.6 cm³/mol. The lowest BCUT2D eigenvalue weighted by Gasteiger charge is -2.22. The molecule has 0 aliphatic rings. The second-order valence-corrected chi connectivity index (χ2v) is 6.52. The van der Waals surface area contributed by atoms with Gasteiger partial charge in [0.25, 0.3) is 5.91 Å². The first-order chi connectivity index (χ1) is 11.4. The zero-order valence-electron chi connectivity index (χ0n) is 13.3. The first kappa shape index (κ1) is 18.3. The minimum atomic E-state index is -0.701. The molecule has 0 saturated carbocycles. The Labute approximate surface area is 151 Å². The molecule has 1 atom stereocenters. The number of benzene rings is 2. The lowest BCUT2D eigenvalue weighted by molar-refractivity contribution is -0.118. The summed E-state index contributed by atoms with van der Waals surface area (Å²) in [5.74, 6) is -0.802. The van der Waals surface area contributed by atoms with Crippen molar-refractivity contribution in [3.05, 3.63) is 64.1 Å². The van der Waals surface area contributed by atoms with Gasteiger partial charge in [0.1, 0.15) is 6.04 Å². The molecule has 6 heteroatoms. The normalized spacial score (nSPS) is 11.9. The third-order valence-corrected chi connectivity index (χ3v) is 4.01. The van der Waals surface area contributed by atoms with Gasteiger partial charge in [-0.05, 0) is 36.2 Å². The van der Waals surface area contributed by atoms with Crippen molar-refractivity contribution in [2.45, 2.75) is 19.9 Å². The van der Waals surface area contributed by atoms with Gasteiger partial charge in [-0.2, -0.15) is 0 Å². The van der Waals surface area contributed by atoms with Crippen LogP contribution in [0, 0.1) is 5.92 Å². The lowest BCUT2D eigenvalue weighted by Crippen LogP contribution is -2.47. The molecule has 2 aromatic rings. The number of amides is 2. The van der Waals surface area contributed by atoms with Crippen molar-refractivity contribution in [1.29, 1.82) is 0 Å². The summed E-state index contributed by atoms with van der Waals surface area (Å²) in [5, 5.41) is 6.37. The van der Waals surface area contributed by atoms with Crippen LogP contribution in [-0.2, 0) is 4.79 Å². The molecular weight excluding hydrogens is 347 g/mol. The molecule has 0 heterocycles. The molecule has 0 spiro atoms. The molecule has 0 aliphatic carbocycles. The molecule has 0 aromatic heterocycles. The summed E-state index contributed by atoms with van der Waals surface area (Å²) >= 11 is 11.9. The summed E-state index contributed by atoms with van der Waals surface area (Å²) < 4.78 is 0. The SMILES string of the molecule is CC(C)C(NC(=O)c1ccccc1Cl)C(=O)Nc1cccc(Cl)c1. The molecule has 2 rings (SSSR count). The molecule has 0 saturated heterocycles. The monoisotopic (exact) mass is 364 g/mol. The first-order valence-electron chi connectivity index (χ1n) is 7.50. The zero-order chi connectivity index (χ0) is 17.7. The van der Waals surface area contributed by atoms with E-state index in [-0.39, 0.29) is 17.7 Å². The number of nitrogens with one attached hydrogen (secondary N) is 2. The number of hydrogen-bond acceptors (Lipinski definition) is 2. The Morgan fingerprint density at radius 2 is 1.71 bits per heavy atom. The molecule has 0 aliphatic heterocycles. The van der Waals surface area contributed by atoms with Gasteiger partial charge >= 0.3 is 0 Å². The Kier molecular flexibility index (Phi) is 6.23. The highest BCUT2D eigenvalue weighted by atomic mass is 35.5. The van der Waals surface area contributed by atoms with Gasteiger partial charge in [-0.3, -0.25) is 9.59 Å². The molecular formula is C18H18Cl2N2O2. The molecule has 0 radical (unpaired) electrons. The van der Waals surface area contributed by atoms with E-state index in [9.17, 15) is 9.59 Å². The Hall–Kier alpha value is -2.04. The molecule has 2 N–H and O–H groups in total. The molecule has 1 unspecified atom stereocenters. The highest BCUT2D eigenvalue weighted by molar-refractivity contribution is 6.33. The molecule has 2 aromatic carbocycles. The van der Waals surface area contributed by atoms with E-state index in [1.54, 1.807) is 48.5 Å². The largest absolute Gasteiger partial charge is 0.340 e. The van der Waals surface area contributed by atoms with Crippen molar-refractivity contribution < 1.29 is 9.59 Å². The van der Waals surface area contributed by atoms with Crippen molar-refractivity contribution in [3.63, 3.8) is 0 Å². The van der Waals surface area contributed by atoms with Gasteiger partial charge in [-0.1, -0.05) is 55.2 Å². The van der Waals surface area contributed by atoms with Crippen molar-refractivity contribution in [2.24, 2.45) is 5.92 Å². The topological polar surface area (TPSA) is 58.2 Å². The van der Waals surface area contributed by atoms with E-state index in [2.05, 4.69) is 10.6 Å². The summed E-state index contributed by atoms with van der Waals surface area (Å²) in [5.41, 5.74) is 0.908. The quantitative estimate of drug-likeness (QED) is 0.826. The van der Waals surface area contributed by atoms with Crippen LogP contribution >= 0.6 is 23.2 Å². The maximum absolute atomic E-state index is 12.5. The maximum Gasteiger partial charge on any atom is 0.253 e. The van der Waals surface area contributed by atoms with E-state index in [0.29, 0.717) is 21.3 Å². The summed E-state index contributed by atoms with van der Waals surface area (Å²) in [6.07, 6.45) is 0. The zero-order valence-corrected chi connectivity index (χ0v) is 14.9. The first-order valence-corrected chi connectivity index (χ1v) is 8.26. The van der Waals surface area contributed by atoms with Crippen LogP contribution < -0.4 is 10.6 Å². The number of anilines is 1. The minimum absolute atomic E-state index is 0.101. The Morgan fingerprint density at radius 3 is 2.33 bits per heavy atom. The summed E-state index contributed by atoms with van der Waals surface area (Å²) in [4.78, 5) is 24.9. The number of carbonyl (C=O) groups is 2. The van der Waals surface area contributed by atoms with Crippen molar-refractivity contribution >= 4 is 40.7 Å². The van der Waals surface area contributed by atoms with Gasteiger partial charge < -0.3 is 10.6 Å². The minimum Gasteiger partial charge on any atom is -0.340 e. The van der Waals surface area contributed by atoms with Crippen LogP contribution in [-0.4, -0.2) is 17.9 Å². The Morgan fingerprint density at radius 1 is 1.00 bits per heavy atom. The number of rotatable bonds is 5. The summed E-state index contributed by atoms with van der Waals surface area (Å²) in [6.45, 7) is 3.71. The van der Waals surface area contributed by atoms with Gasteiger partial charge in [0, 0.05) is 10.7 Å². The summed E-state index contributed by atoms with van der Waals surface area (Å²) in [7, 11) is 0. The van der Waals surface area contributed by atoms with Crippen molar-refractivity contribution in [2.75, 3.05) is 5.32 Å². The molecule has 126 valence electrons. The maximum atomic E-state index is 12.5. The van der Waals surface area contributed by atoms with Crippen LogP contribution in [0.15, 0.2) is 48.5 Å². The van der Waals surface area contributed by atoms with Crippen LogP contribution in [0.5, 0.6) is 0 Å². The van der Waals surface area contributed by atoms with Crippen molar-refractivity contribution in [1.82, 2.24) is 5.32 Å². The molecule has 0 bridgehead atoms. The number of carbonyl (C=O) groups excluding carboxylic acids is 2. The van der Waals surface area contributed by atoms with E-state index in [0.717, 1.165) is 0 Å². The standard InChI is InChI=1S/C18H18Cl2N2O2/c1-11(2)16(18(24)21-13-7-5-6-12(19)10-13)22-17(23)14-8-3-4-9-15(14)20/h3-11,16H,1-2H3,(H,21,24)(H,22,23). The van der Waals surface area contributed by atoms with Crippen LogP contribution in [0.1, 0.15) is 24.2 Å². The van der Waals surface area contributed by atoms with Crippen LogP contribution in [0.3, 0.4) is 0 Å². The smallest absolute Gasteiger partial charge is 0.253 e. The molecule has 2 amide bonds. The third kappa shape index (κ3) is 4.73. The average molecular weight is 365 g/mol. The highest BCUT2D eigenvalue weighted by Gasteiger charge is 2.25. The van der Waals surface area contributed by atoms with Gasteiger partial charge in [-0.25, -0.2) is 0 Å². The van der Waals surface area contributed by atoms with E-state index < -0.39 is 6.04 Å². The highest BCUT2D eigenvalue weighted by Crippen LogP contribution is 2.18. The van der Waals surface area contributed by atoms with Gasteiger partial charge in [-0.15, -0.1) is 0 Å². The van der Waals surface area contributed by atoms with Crippen LogP contribution in [0.2, 0.25) is 10.0 Å². The van der Waals surface area contributed by atoms with E-state index in [1.165, 1.54) is 0 Å². The van der Waals surface area contributed by atoms with E-state index >= 15 is 0 Å². The average Bonchev–Trinajstić information content (AvgIpc) is 2.52. The number of halogens is 2. The number of hydrogen-bond donors (Lipinski definition) is 2. The van der Waals surface area contributed by atoms with Gasteiger partial charge in [0.2, 0.25) is 5.91 Å². The fourth-order valence-corrected chi connectivity index (χ4v) is 2.60. The third-order valence-electron chi connectivity index (χ3n) is 3.45. The van der Waals surface area contributed by atoms with Crippen LogP contribution in [0.4, 0.5) is 5.69 Å².